The summed E-state index contributed by atoms with van der Waals surface area (Å²) >= 11 is 0. The summed E-state index contributed by atoms with van der Waals surface area (Å²) in [5, 5.41) is 2.95. The van der Waals surface area contributed by atoms with Crippen molar-refractivity contribution in [2.24, 2.45) is 0 Å². The van der Waals surface area contributed by atoms with Gasteiger partial charge in [-0.05, 0) is 33.6 Å². The van der Waals surface area contributed by atoms with Gasteiger partial charge in [-0.3, -0.25) is 4.79 Å². The van der Waals surface area contributed by atoms with Crippen molar-refractivity contribution in [3.8, 4) is 0 Å². The fourth-order valence-corrected chi connectivity index (χ4v) is 3.85. The van der Waals surface area contributed by atoms with Crippen molar-refractivity contribution in [1.82, 2.24) is 9.62 Å². The summed E-state index contributed by atoms with van der Waals surface area (Å²) in [6, 6.07) is 0.211. The highest BCUT2D eigenvalue weighted by Gasteiger charge is 2.31. The van der Waals surface area contributed by atoms with Crippen LogP contribution in [0.1, 0.15) is 52.9 Å². The minimum atomic E-state index is -3.39. The Labute approximate surface area is 116 Å². The first kappa shape index (κ1) is 16.4. The van der Waals surface area contributed by atoms with Crippen molar-refractivity contribution < 1.29 is 13.2 Å². The first-order valence-corrected chi connectivity index (χ1v) is 8.73. The molecule has 112 valence electrons. The van der Waals surface area contributed by atoms with Crippen LogP contribution < -0.4 is 5.32 Å². The Morgan fingerprint density at radius 3 is 2.16 bits per heavy atom. The Morgan fingerprint density at radius 1 is 1.21 bits per heavy atom. The minimum absolute atomic E-state index is 0.0984. The van der Waals surface area contributed by atoms with E-state index in [4.69, 9.17) is 0 Å². The Kier molecular flexibility index (Phi) is 5.38. The maximum atomic E-state index is 12.0. The molecule has 0 aromatic heterocycles. The van der Waals surface area contributed by atoms with Gasteiger partial charge in [-0.1, -0.05) is 19.3 Å². The molecule has 1 amide bonds. The smallest absolute Gasteiger partial charge is 0.235 e. The number of hydrogen-bond acceptors (Lipinski definition) is 3. The number of carbonyl (C=O) groups excluding carboxylic acids is 1. The monoisotopic (exact) mass is 290 g/mol. The largest absolute Gasteiger partial charge is 0.352 e. The quantitative estimate of drug-likeness (QED) is 0.853. The lowest BCUT2D eigenvalue weighted by molar-refractivity contribution is -0.122. The predicted octanol–water partition coefficient (Wildman–Crippen LogP) is 1.50. The number of rotatable bonds is 4. The van der Waals surface area contributed by atoms with Crippen LogP contribution >= 0.6 is 0 Å². The normalized spacial score (nSPS) is 18.6. The fourth-order valence-electron chi connectivity index (χ4n) is 2.50. The van der Waals surface area contributed by atoms with Gasteiger partial charge in [-0.2, -0.15) is 4.31 Å². The Balaban J connectivity index is 2.61. The number of nitrogens with one attached hydrogen (secondary N) is 1. The molecule has 1 aliphatic rings. The Hall–Kier alpha value is -0.620. The highest BCUT2D eigenvalue weighted by Crippen LogP contribution is 2.19. The molecule has 6 heteroatoms. The van der Waals surface area contributed by atoms with Crippen LogP contribution in [-0.4, -0.2) is 43.0 Å². The summed E-state index contributed by atoms with van der Waals surface area (Å²) in [6.07, 6.45) is 6.65. The molecular weight excluding hydrogens is 264 g/mol. The van der Waals surface area contributed by atoms with E-state index in [2.05, 4.69) is 5.32 Å². The van der Waals surface area contributed by atoms with Gasteiger partial charge >= 0.3 is 0 Å². The van der Waals surface area contributed by atoms with E-state index in [1.165, 1.54) is 10.7 Å². The van der Waals surface area contributed by atoms with Gasteiger partial charge < -0.3 is 5.32 Å². The zero-order valence-electron chi connectivity index (χ0n) is 12.4. The molecule has 0 bridgehead atoms. The number of amides is 1. The second-order valence-electron chi connectivity index (χ2n) is 6.34. The zero-order valence-corrected chi connectivity index (χ0v) is 13.2. The fraction of sp³-hybridized carbons (Fsp3) is 0.923. The second-order valence-corrected chi connectivity index (χ2v) is 8.25. The lowest BCUT2D eigenvalue weighted by Gasteiger charge is -2.33. The molecule has 1 rings (SSSR count). The topological polar surface area (TPSA) is 66.5 Å². The molecular formula is C13H26N2O3S. The standard InChI is InChI=1S/C13H26N2O3S/c1-13(2,3)15(19(4,17)18)10-12(16)14-11-8-6-5-7-9-11/h11H,5-10H2,1-4H3,(H,14,16). The van der Waals surface area contributed by atoms with Gasteiger partial charge in [0.05, 0.1) is 12.8 Å². The maximum Gasteiger partial charge on any atom is 0.235 e. The minimum Gasteiger partial charge on any atom is -0.352 e. The van der Waals surface area contributed by atoms with E-state index in [0.717, 1.165) is 31.9 Å². The van der Waals surface area contributed by atoms with Crippen LogP contribution in [0.5, 0.6) is 0 Å². The van der Waals surface area contributed by atoms with Gasteiger partial charge in [0.15, 0.2) is 0 Å². The van der Waals surface area contributed by atoms with Gasteiger partial charge in [0.1, 0.15) is 0 Å². The molecule has 19 heavy (non-hydrogen) atoms. The third kappa shape index (κ3) is 5.48. The zero-order chi connectivity index (χ0) is 14.7. The van der Waals surface area contributed by atoms with Crippen LogP contribution in [0.2, 0.25) is 0 Å². The van der Waals surface area contributed by atoms with E-state index in [1.54, 1.807) is 20.8 Å². The maximum absolute atomic E-state index is 12.0. The van der Waals surface area contributed by atoms with Gasteiger partial charge in [0.2, 0.25) is 15.9 Å². The summed E-state index contributed by atoms with van der Waals surface area (Å²) in [6.45, 7) is 5.28. The Bertz CT molecular complexity index is 406. The summed E-state index contributed by atoms with van der Waals surface area (Å²) < 4.78 is 24.8. The third-order valence-corrected chi connectivity index (χ3v) is 4.88. The number of sulfonamides is 1. The molecule has 5 nitrogen and oxygen atoms in total. The molecule has 0 radical (unpaired) electrons. The van der Waals surface area contributed by atoms with Crippen molar-refractivity contribution in [3.63, 3.8) is 0 Å². The first-order chi connectivity index (χ1) is 8.60. The SMILES string of the molecule is CC(C)(C)N(CC(=O)NC1CCCCC1)S(C)(=O)=O. The van der Waals surface area contributed by atoms with Crippen molar-refractivity contribution in [2.45, 2.75) is 64.5 Å². The highest BCUT2D eigenvalue weighted by atomic mass is 32.2. The van der Waals surface area contributed by atoms with Crippen LogP contribution in [0.3, 0.4) is 0 Å². The van der Waals surface area contributed by atoms with E-state index in [1.807, 2.05) is 0 Å². The van der Waals surface area contributed by atoms with E-state index in [9.17, 15) is 13.2 Å². The average molecular weight is 290 g/mol. The van der Waals surface area contributed by atoms with Crippen molar-refractivity contribution >= 4 is 15.9 Å². The molecule has 1 N–H and O–H groups in total. The summed E-state index contributed by atoms with van der Waals surface area (Å²) in [5.74, 6) is -0.202. The molecule has 1 aliphatic carbocycles. The van der Waals surface area contributed by atoms with Crippen LogP contribution in [-0.2, 0) is 14.8 Å². The van der Waals surface area contributed by atoms with Crippen molar-refractivity contribution in [2.75, 3.05) is 12.8 Å². The summed E-state index contributed by atoms with van der Waals surface area (Å²) in [7, 11) is -3.39. The van der Waals surface area contributed by atoms with E-state index in [-0.39, 0.29) is 18.5 Å². The predicted molar refractivity (Wildman–Crippen MR) is 76.3 cm³/mol. The molecule has 0 atom stereocenters. The van der Waals surface area contributed by atoms with Crippen molar-refractivity contribution in [1.29, 1.82) is 0 Å². The lowest BCUT2D eigenvalue weighted by Crippen LogP contribution is -2.51. The second kappa shape index (κ2) is 6.22. The van der Waals surface area contributed by atoms with Gasteiger partial charge in [-0.15, -0.1) is 0 Å². The molecule has 1 saturated carbocycles. The summed E-state index contributed by atoms with van der Waals surface area (Å²) in [5.41, 5.74) is -0.586. The van der Waals surface area contributed by atoms with Crippen molar-refractivity contribution in [3.05, 3.63) is 0 Å². The van der Waals surface area contributed by atoms with E-state index >= 15 is 0 Å². The number of hydrogen-bond donors (Lipinski definition) is 1. The Morgan fingerprint density at radius 2 is 1.74 bits per heavy atom. The molecule has 0 aromatic carbocycles. The van der Waals surface area contributed by atoms with Gasteiger partial charge in [-0.25, -0.2) is 8.42 Å². The van der Waals surface area contributed by atoms with E-state index < -0.39 is 15.6 Å². The molecule has 1 fully saturated rings. The molecule has 0 aliphatic heterocycles. The first-order valence-electron chi connectivity index (χ1n) is 6.88. The van der Waals surface area contributed by atoms with E-state index in [0.29, 0.717) is 0 Å². The van der Waals surface area contributed by atoms with Gasteiger partial charge in [0.25, 0.3) is 0 Å². The van der Waals surface area contributed by atoms with Crippen LogP contribution in [0.4, 0.5) is 0 Å². The molecule has 0 aromatic rings. The average Bonchev–Trinajstić information content (AvgIpc) is 2.24. The van der Waals surface area contributed by atoms with Crippen LogP contribution in [0.25, 0.3) is 0 Å². The van der Waals surface area contributed by atoms with Crippen LogP contribution in [0.15, 0.2) is 0 Å². The molecule has 0 saturated heterocycles. The number of nitrogens with zero attached hydrogens (tertiary/aromatic N) is 1. The molecule has 0 heterocycles. The summed E-state index contributed by atoms with van der Waals surface area (Å²) in [4.78, 5) is 12.0. The number of carbonyl (C=O) groups is 1. The molecule has 0 spiro atoms. The lowest BCUT2D eigenvalue weighted by atomic mass is 9.95. The molecule has 0 unspecified atom stereocenters. The van der Waals surface area contributed by atoms with Crippen LogP contribution in [0, 0.1) is 0 Å². The van der Waals surface area contributed by atoms with Gasteiger partial charge in [0, 0.05) is 11.6 Å². The third-order valence-electron chi connectivity index (χ3n) is 3.41. The highest BCUT2D eigenvalue weighted by molar-refractivity contribution is 7.88.